The Kier molecular flexibility index (Phi) is 4.42. The Morgan fingerprint density at radius 3 is 3.11 bits per heavy atom. The van der Waals surface area contributed by atoms with E-state index in [2.05, 4.69) is 22.1 Å². The van der Waals surface area contributed by atoms with E-state index in [9.17, 15) is 0 Å². The zero-order chi connectivity index (χ0) is 13.0. The molecule has 4 heteroatoms. The van der Waals surface area contributed by atoms with Crippen molar-refractivity contribution in [2.24, 2.45) is 0 Å². The van der Waals surface area contributed by atoms with Gasteiger partial charge in [-0.25, -0.2) is 0 Å². The second kappa shape index (κ2) is 6.05. The second-order valence-electron chi connectivity index (χ2n) is 4.83. The fourth-order valence-corrected chi connectivity index (χ4v) is 2.62. The molecule has 0 saturated carbocycles. The smallest absolute Gasteiger partial charge is 0.160 e. The third-order valence-electron chi connectivity index (χ3n) is 3.66. The SMILES string of the molecule is CCN1CCCC1CNc1cc(C)ncc1OC. The van der Waals surface area contributed by atoms with Gasteiger partial charge < -0.3 is 10.1 Å². The number of aromatic nitrogens is 1. The second-order valence-corrected chi connectivity index (χ2v) is 4.83. The van der Waals surface area contributed by atoms with Crippen LogP contribution in [0, 0.1) is 6.92 Å². The van der Waals surface area contributed by atoms with Crippen LogP contribution in [0.5, 0.6) is 5.75 Å². The van der Waals surface area contributed by atoms with Gasteiger partial charge in [0, 0.05) is 18.3 Å². The number of likely N-dealkylation sites (N-methyl/N-ethyl adjacent to an activating group) is 1. The topological polar surface area (TPSA) is 37.4 Å². The molecule has 0 aromatic carbocycles. The van der Waals surface area contributed by atoms with E-state index < -0.39 is 0 Å². The molecule has 0 bridgehead atoms. The monoisotopic (exact) mass is 249 g/mol. The molecule has 1 unspecified atom stereocenters. The lowest BCUT2D eigenvalue weighted by Crippen LogP contribution is -2.34. The Morgan fingerprint density at radius 1 is 1.56 bits per heavy atom. The Morgan fingerprint density at radius 2 is 2.39 bits per heavy atom. The Hall–Kier alpha value is -1.29. The summed E-state index contributed by atoms with van der Waals surface area (Å²) in [5.41, 5.74) is 2.06. The van der Waals surface area contributed by atoms with Crippen LogP contribution in [0.25, 0.3) is 0 Å². The first-order chi connectivity index (χ1) is 8.74. The number of hydrogen-bond donors (Lipinski definition) is 1. The predicted octanol–water partition coefficient (Wildman–Crippen LogP) is 2.29. The van der Waals surface area contributed by atoms with E-state index in [1.807, 2.05) is 13.0 Å². The zero-order valence-electron chi connectivity index (χ0n) is 11.6. The molecule has 1 aliphatic rings. The minimum atomic E-state index is 0.646. The number of anilines is 1. The number of nitrogens with one attached hydrogen (secondary N) is 1. The van der Waals surface area contributed by atoms with Crippen LogP contribution in [0.4, 0.5) is 5.69 Å². The van der Waals surface area contributed by atoms with Crippen LogP contribution in [0.1, 0.15) is 25.5 Å². The maximum absolute atomic E-state index is 5.33. The highest BCUT2D eigenvalue weighted by atomic mass is 16.5. The van der Waals surface area contributed by atoms with Crippen molar-refractivity contribution in [1.82, 2.24) is 9.88 Å². The van der Waals surface area contributed by atoms with Crippen molar-refractivity contribution in [3.05, 3.63) is 18.0 Å². The molecule has 4 nitrogen and oxygen atoms in total. The molecule has 1 fully saturated rings. The number of pyridine rings is 1. The highest BCUT2D eigenvalue weighted by molar-refractivity contribution is 5.56. The summed E-state index contributed by atoms with van der Waals surface area (Å²) >= 11 is 0. The van der Waals surface area contributed by atoms with Crippen LogP contribution in [-0.4, -0.2) is 42.7 Å². The van der Waals surface area contributed by atoms with Gasteiger partial charge in [0.25, 0.3) is 0 Å². The first kappa shape index (κ1) is 13.1. The van der Waals surface area contributed by atoms with Crippen LogP contribution in [0.15, 0.2) is 12.3 Å². The first-order valence-corrected chi connectivity index (χ1v) is 6.73. The Balaban J connectivity index is 1.99. The van der Waals surface area contributed by atoms with Gasteiger partial charge in [0.2, 0.25) is 0 Å². The van der Waals surface area contributed by atoms with Crippen molar-refractivity contribution >= 4 is 5.69 Å². The molecule has 1 aromatic rings. The Labute approximate surface area is 109 Å². The van der Waals surface area contributed by atoms with Crippen molar-refractivity contribution in [2.75, 3.05) is 32.1 Å². The molecule has 0 aliphatic carbocycles. The summed E-state index contributed by atoms with van der Waals surface area (Å²) in [6.07, 6.45) is 4.38. The normalized spacial score (nSPS) is 20.1. The highest BCUT2D eigenvalue weighted by Gasteiger charge is 2.22. The van der Waals surface area contributed by atoms with Gasteiger partial charge >= 0.3 is 0 Å². The molecule has 1 aromatic heterocycles. The molecule has 2 rings (SSSR count). The number of hydrogen-bond acceptors (Lipinski definition) is 4. The fraction of sp³-hybridized carbons (Fsp3) is 0.643. The van der Waals surface area contributed by atoms with E-state index in [0.29, 0.717) is 6.04 Å². The number of methoxy groups -OCH3 is 1. The van der Waals surface area contributed by atoms with Gasteiger partial charge in [-0.15, -0.1) is 0 Å². The van der Waals surface area contributed by atoms with Crippen molar-refractivity contribution < 1.29 is 4.74 Å². The molecule has 1 N–H and O–H groups in total. The first-order valence-electron chi connectivity index (χ1n) is 6.73. The highest BCUT2D eigenvalue weighted by Crippen LogP contribution is 2.24. The maximum atomic E-state index is 5.33. The Bertz CT molecular complexity index is 395. The summed E-state index contributed by atoms with van der Waals surface area (Å²) < 4.78 is 5.33. The predicted molar refractivity (Wildman–Crippen MR) is 74.3 cm³/mol. The van der Waals surface area contributed by atoms with Gasteiger partial charge in [0.15, 0.2) is 5.75 Å². The van der Waals surface area contributed by atoms with Crippen molar-refractivity contribution in [3.8, 4) is 5.75 Å². The summed E-state index contributed by atoms with van der Waals surface area (Å²) in [6.45, 7) is 7.58. The van der Waals surface area contributed by atoms with E-state index in [1.54, 1.807) is 13.3 Å². The molecule has 100 valence electrons. The van der Waals surface area contributed by atoms with Crippen LogP contribution in [-0.2, 0) is 0 Å². The van der Waals surface area contributed by atoms with Gasteiger partial charge in [-0.3, -0.25) is 9.88 Å². The number of likely N-dealkylation sites (tertiary alicyclic amines) is 1. The van der Waals surface area contributed by atoms with Crippen molar-refractivity contribution in [2.45, 2.75) is 32.7 Å². The van der Waals surface area contributed by atoms with E-state index >= 15 is 0 Å². The molecule has 0 radical (unpaired) electrons. The zero-order valence-corrected chi connectivity index (χ0v) is 11.6. The van der Waals surface area contributed by atoms with Crippen LogP contribution in [0.3, 0.4) is 0 Å². The molecule has 1 saturated heterocycles. The van der Waals surface area contributed by atoms with Gasteiger partial charge in [0.1, 0.15) is 0 Å². The standard InChI is InChI=1S/C14H23N3O/c1-4-17-7-5-6-12(17)9-16-13-8-11(2)15-10-14(13)18-3/h8,10,12H,4-7,9H2,1-3H3,(H,15,16). The maximum Gasteiger partial charge on any atom is 0.160 e. The van der Waals surface area contributed by atoms with E-state index in [-0.39, 0.29) is 0 Å². The molecular formula is C14H23N3O. The minimum absolute atomic E-state index is 0.646. The third kappa shape index (κ3) is 2.93. The summed E-state index contributed by atoms with van der Waals surface area (Å²) in [5.74, 6) is 0.821. The molecule has 18 heavy (non-hydrogen) atoms. The lowest BCUT2D eigenvalue weighted by Gasteiger charge is -2.23. The quantitative estimate of drug-likeness (QED) is 0.869. The van der Waals surface area contributed by atoms with Crippen molar-refractivity contribution in [3.63, 3.8) is 0 Å². The lowest BCUT2D eigenvalue weighted by atomic mass is 10.2. The average molecular weight is 249 g/mol. The van der Waals surface area contributed by atoms with E-state index in [4.69, 9.17) is 4.74 Å². The van der Waals surface area contributed by atoms with Gasteiger partial charge in [-0.2, -0.15) is 0 Å². The van der Waals surface area contributed by atoms with Gasteiger partial charge in [-0.05, 0) is 38.9 Å². The van der Waals surface area contributed by atoms with E-state index in [0.717, 1.165) is 30.2 Å². The molecule has 0 amide bonds. The average Bonchev–Trinajstić information content (AvgIpc) is 2.84. The minimum Gasteiger partial charge on any atom is -0.493 e. The molecule has 2 heterocycles. The molecule has 1 atom stereocenters. The number of nitrogens with zero attached hydrogens (tertiary/aromatic N) is 2. The van der Waals surface area contributed by atoms with Gasteiger partial charge in [0.05, 0.1) is 19.0 Å². The summed E-state index contributed by atoms with van der Waals surface area (Å²) in [5, 5.41) is 3.50. The van der Waals surface area contributed by atoms with Crippen molar-refractivity contribution in [1.29, 1.82) is 0 Å². The number of ether oxygens (including phenoxy) is 1. The summed E-state index contributed by atoms with van der Waals surface area (Å²) in [6, 6.07) is 2.69. The fourth-order valence-electron chi connectivity index (χ4n) is 2.62. The van der Waals surface area contributed by atoms with Gasteiger partial charge in [-0.1, -0.05) is 6.92 Å². The third-order valence-corrected chi connectivity index (χ3v) is 3.66. The summed E-state index contributed by atoms with van der Waals surface area (Å²) in [4.78, 5) is 6.78. The number of aryl methyl sites for hydroxylation is 1. The van der Waals surface area contributed by atoms with Crippen LogP contribution < -0.4 is 10.1 Å². The lowest BCUT2D eigenvalue weighted by molar-refractivity contribution is 0.277. The summed E-state index contributed by atoms with van der Waals surface area (Å²) in [7, 11) is 1.69. The molecule has 0 spiro atoms. The van der Waals surface area contributed by atoms with Crippen LogP contribution in [0.2, 0.25) is 0 Å². The van der Waals surface area contributed by atoms with Crippen LogP contribution >= 0.6 is 0 Å². The van der Waals surface area contributed by atoms with E-state index in [1.165, 1.54) is 19.4 Å². The number of rotatable bonds is 5. The molecule has 1 aliphatic heterocycles. The molecular weight excluding hydrogens is 226 g/mol. The largest absolute Gasteiger partial charge is 0.493 e.